The van der Waals surface area contributed by atoms with Crippen molar-refractivity contribution < 1.29 is 0 Å². The summed E-state index contributed by atoms with van der Waals surface area (Å²) >= 11 is 0. The molecular weight excluding hydrogens is 208 g/mol. The Labute approximate surface area is 104 Å². The van der Waals surface area contributed by atoms with Gasteiger partial charge in [-0.15, -0.1) is 0 Å². The van der Waals surface area contributed by atoms with Gasteiger partial charge in [-0.05, 0) is 55.8 Å². The van der Waals surface area contributed by atoms with Crippen LogP contribution in [0.5, 0.6) is 0 Å². The quantitative estimate of drug-likeness (QED) is 0.797. The standard InChI is InChI=1S/C15H22N2/c1-2-7-14-13(5-1)6-3-8-15(14)17-11-4-9-16-10-12-17/h3,6,8,16H,1-2,4-5,7,9-12H2. The number of hydrogen-bond donors (Lipinski definition) is 1. The first-order chi connectivity index (χ1) is 8.45. The summed E-state index contributed by atoms with van der Waals surface area (Å²) in [6.45, 7) is 4.68. The van der Waals surface area contributed by atoms with E-state index in [0.29, 0.717) is 0 Å². The maximum absolute atomic E-state index is 3.49. The van der Waals surface area contributed by atoms with Crippen molar-refractivity contribution >= 4 is 5.69 Å². The van der Waals surface area contributed by atoms with Gasteiger partial charge in [0.05, 0.1) is 0 Å². The highest BCUT2D eigenvalue weighted by molar-refractivity contribution is 5.57. The maximum atomic E-state index is 3.49. The minimum absolute atomic E-state index is 1.13. The van der Waals surface area contributed by atoms with Crippen LogP contribution in [0.1, 0.15) is 30.4 Å². The van der Waals surface area contributed by atoms with Crippen molar-refractivity contribution in [1.29, 1.82) is 0 Å². The van der Waals surface area contributed by atoms with Crippen LogP contribution in [0.25, 0.3) is 0 Å². The highest BCUT2D eigenvalue weighted by atomic mass is 15.2. The van der Waals surface area contributed by atoms with E-state index in [1.807, 2.05) is 0 Å². The third kappa shape index (κ3) is 2.32. The molecule has 0 radical (unpaired) electrons. The summed E-state index contributed by atoms with van der Waals surface area (Å²) in [5.41, 5.74) is 4.76. The smallest absolute Gasteiger partial charge is 0.0401 e. The van der Waals surface area contributed by atoms with E-state index in [1.54, 1.807) is 11.1 Å². The highest BCUT2D eigenvalue weighted by Gasteiger charge is 2.17. The largest absolute Gasteiger partial charge is 0.370 e. The van der Waals surface area contributed by atoms with Gasteiger partial charge in [-0.3, -0.25) is 0 Å². The van der Waals surface area contributed by atoms with Crippen molar-refractivity contribution in [2.75, 3.05) is 31.1 Å². The lowest BCUT2D eigenvalue weighted by molar-refractivity contribution is 0.679. The second kappa shape index (κ2) is 5.09. The first-order valence-corrected chi connectivity index (χ1v) is 7.01. The molecule has 0 aromatic heterocycles. The average Bonchev–Trinajstić information content (AvgIpc) is 2.67. The van der Waals surface area contributed by atoms with E-state index in [1.165, 1.54) is 50.9 Å². The van der Waals surface area contributed by atoms with Crippen LogP contribution in [0.2, 0.25) is 0 Å². The van der Waals surface area contributed by atoms with E-state index in [9.17, 15) is 0 Å². The lowest BCUT2D eigenvalue weighted by Gasteiger charge is -2.28. The maximum Gasteiger partial charge on any atom is 0.0401 e. The lowest BCUT2D eigenvalue weighted by Crippen LogP contribution is -2.29. The fourth-order valence-electron chi connectivity index (χ4n) is 3.14. The molecule has 3 rings (SSSR count). The average molecular weight is 230 g/mol. The predicted octanol–water partition coefficient (Wildman–Crippen LogP) is 2.37. The summed E-state index contributed by atoms with van der Waals surface area (Å²) in [4.78, 5) is 2.59. The topological polar surface area (TPSA) is 15.3 Å². The highest BCUT2D eigenvalue weighted by Crippen LogP contribution is 2.30. The first kappa shape index (κ1) is 11.1. The molecule has 0 atom stereocenters. The monoisotopic (exact) mass is 230 g/mol. The second-order valence-corrected chi connectivity index (χ2v) is 5.21. The van der Waals surface area contributed by atoms with E-state index >= 15 is 0 Å². The van der Waals surface area contributed by atoms with Crippen molar-refractivity contribution in [1.82, 2.24) is 5.32 Å². The minimum atomic E-state index is 1.13. The van der Waals surface area contributed by atoms with E-state index in [4.69, 9.17) is 0 Å². The Morgan fingerprint density at radius 1 is 0.941 bits per heavy atom. The van der Waals surface area contributed by atoms with Gasteiger partial charge in [0.1, 0.15) is 0 Å². The van der Waals surface area contributed by atoms with Crippen molar-refractivity contribution in [3.05, 3.63) is 29.3 Å². The number of fused-ring (bicyclic) bond motifs is 1. The second-order valence-electron chi connectivity index (χ2n) is 5.21. The van der Waals surface area contributed by atoms with E-state index in [-0.39, 0.29) is 0 Å². The number of benzene rings is 1. The molecule has 0 spiro atoms. The Balaban J connectivity index is 1.90. The number of nitrogens with zero attached hydrogens (tertiary/aromatic N) is 1. The van der Waals surface area contributed by atoms with E-state index < -0.39 is 0 Å². The van der Waals surface area contributed by atoms with Gasteiger partial charge in [-0.2, -0.15) is 0 Å². The molecule has 1 heterocycles. The molecule has 2 aliphatic rings. The van der Waals surface area contributed by atoms with Gasteiger partial charge >= 0.3 is 0 Å². The van der Waals surface area contributed by atoms with Crippen LogP contribution in [0.4, 0.5) is 5.69 Å². The molecule has 1 aromatic rings. The molecule has 1 fully saturated rings. The first-order valence-electron chi connectivity index (χ1n) is 7.01. The molecule has 2 heteroatoms. The van der Waals surface area contributed by atoms with Crippen molar-refractivity contribution in [3.8, 4) is 0 Å². The van der Waals surface area contributed by atoms with Crippen LogP contribution < -0.4 is 10.2 Å². The molecule has 0 bridgehead atoms. The summed E-state index contributed by atoms with van der Waals surface area (Å²) in [6, 6.07) is 6.90. The Hall–Kier alpha value is -1.02. The molecule has 1 aliphatic heterocycles. The number of hydrogen-bond acceptors (Lipinski definition) is 2. The Morgan fingerprint density at radius 2 is 1.88 bits per heavy atom. The minimum Gasteiger partial charge on any atom is -0.370 e. The summed E-state index contributed by atoms with van der Waals surface area (Å²) < 4.78 is 0. The van der Waals surface area contributed by atoms with Gasteiger partial charge in [0.15, 0.2) is 0 Å². The van der Waals surface area contributed by atoms with Gasteiger partial charge < -0.3 is 10.2 Å². The molecule has 17 heavy (non-hydrogen) atoms. The fraction of sp³-hybridized carbons (Fsp3) is 0.600. The van der Waals surface area contributed by atoms with Gasteiger partial charge in [0, 0.05) is 25.3 Å². The summed E-state index contributed by atoms with van der Waals surface area (Å²) in [7, 11) is 0. The van der Waals surface area contributed by atoms with Crippen molar-refractivity contribution in [2.45, 2.75) is 32.1 Å². The molecular formula is C15H22N2. The molecule has 2 nitrogen and oxygen atoms in total. The van der Waals surface area contributed by atoms with Crippen LogP contribution in [-0.4, -0.2) is 26.2 Å². The molecule has 1 aliphatic carbocycles. The van der Waals surface area contributed by atoms with E-state index in [0.717, 1.165) is 13.1 Å². The predicted molar refractivity (Wildman–Crippen MR) is 72.8 cm³/mol. The third-order valence-corrected chi connectivity index (χ3v) is 4.05. The third-order valence-electron chi connectivity index (χ3n) is 4.05. The molecule has 0 saturated carbocycles. The lowest BCUT2D eigenvalue weighted by atomic mass is 9.90. The summed E-state index contributed by atoms with van der Waals surface area (Å²) in [5.74, 6) is 0. The molecule has 1 aromatic carbocycles. The van der Waals surface area contributed by atoms with Crippen LogP contribution in [0, 0.1) is 0 Å². The van der Waals surface area contributed by atoms with Crippen LogP contribution in [0.15, 0.2) is 18.2 Å². The molecule has 92 valence electrons. The fourth-order valence-corrected chi connectivity index (χ4v) is 3.14. The number of rotatable bonds is 1. The summed E-state index contributed by atoms with van der Waals surface area (Å²) in [6.07, 6.45) is 6.59. The number of nitrogens with one attached hydrogen (secondary N) is 1. The molecule has 1 N–H and O–H groups in total. The van der Waals surface area contributed by atoms with Gasteiger partial charge in [-0.25, -0.2) is 0 Å². The van der Waals surface area contributed by atoms with Crippen molar-refractivity contribution in [3.63, 3.8) is 0 Å². The Bertz CT molecular complexity index is 379. The zero-order valence-corrected chi connectivity index (χ0v) is 10.5. The van der Waals surface area contributed by atoms with Crippen LogP contribution in [-0.2, 0) is 12.8 Å². The van der Waals surface area contributed by atoms with Crippen LogP contribution >= 0.6 is 0 Å². The SMILES string of the molecule is c1cc2c(c(N3CCCNCC3)c1)CCCC2. The van der Waals surface area contributed by atoms with E-state index in [2.05, 4.69) is 28.4 Å². The van der Waals surface area contributed by atoms with Gasteiger partial charge in [-0.1, -0.05) is 12.1 Å². The number of aryl methyl sites for hydroxylation is 1. The van der Waals surface area contributed by atoms with Crippen molar-refractivity contribution in [2.24, 2.45) is 0 Å². The summed E-state index contributed by atoms with van der Waals surface area (Å²) in [5, 5.41) is 3.49. The normalized spacial score (nSPS) is 20.8. The Morgan fingerprint density at radius 3 is 2.88 bits per heavy atom. The Kier molecular flexibility index (Phi) is 3.32. The van der Waals surface area contributed by atoms with Crippen LogP contribution in [0.3, 0.4) is 0 Å². The van der Waals surface area contributed by atoms with Gasteiger partial charge in [0.2, 0.25) is 0 Å². The number of anilines is 1. The van der Waals surface area contributed by atoms with Gasteiger partial charge in [0.25, 0.3) is 0 Å². The molecule has 0 unspecified atom stereocenters. The zero-order chi connectivity index (χ0) is 11.5. The molecule has 1 saturated heterocycles. The zero-order valence-electron chi connectivity index (χ0n) is 10.5. The molecule has 0 amide bonds.